The third-order valence-electron chi connectivity index (χ3n) is 3.50. The highest BCUT2D eigenvalue weighted by molar-refractivity contribution is 5.46. The highest BCUT2D eigenvalue weighted by Gasteiger charge is 2.10. The largest absolute Gasteiger partial charge is 0.385 e. The second-order valence-electron chi connectivity index (χ2n) is 5.61. The van der Waals surface area contributed by atoms with Crippen LogP contribution in [0.1, 0.15) is 37.4 Å². The monoisotopic (exact) mass is 271 g/mol. The Morgan fingerprint density at radius 1 is 1.40 bits per heavy atom. The Labute approximate surface area is 122 Å². The van der Waals surface area contributed by atoms with Crippen LogP contribution >= 0.6 is 0 Å². The van der Waals surface area contributed by atoms with E-state index in [-0.39, 0.29) is 0 Å². The molecule has 0 saturated carbocycles. The fourth-order valence-electron chi connectivity index (χ4n) is 2.36. The van der Waals surface area contributed by atoms with E-state index in [1.807, 2.05) is 6.92 Å². The summed E-state index contributed by atoms with van der Waals surface area (Å²) in [5.41, 5.74) is 4.75. The molecule has 0 amide bonds. The fourth-order valence-corrected chi connectivity index (χ4v) is 2.36. The van der Waals surface area contributed by atoms with E-state index in [0.717, 1.165) is 55.9 Å². The maximum absolute atomic E-state index is 4.71. The number of aryl methyl sites for hydroxylation is 2. The molecule has 1 aliphatic heterocycles. The normalized spacial score (nSPS) is 13.2. The van der Waals surface area contributed by atoms with E-state index in [9.17, 15) is 0 Å². The van der Waals surface area contributed by atoms with Crippen molar-refractivity contribution in [3.05, 3.63) is 47.8 Å². The lowest BCUT2D eigenvalue weighted by atomic mass is 10.1. The summed E-state index contributed by atoms with van der Waals surface area (Å²) < 4.78 is 0. The molecule has 0 saturated heterocycles. The van der Waals surface area contributed by atoms with E-state index >= 15 is 0 Å². The number of anilines is 1. The van der Waals surface area contributed by atoms with Crippen molar-refractivity contribution in [2.24, 2.45) is 0 Å². The minimum absolute atomic E-state index is 0.819. The molecule has 0 aliphatic carbocycles. The van der Waals surface area contributed by atoms with E-state index < -0.39 is 0 Å². The zero-order valence-electron chi connectivity index (χ0n) is 12.5. The second-order valence-corrected chi connectivity index (χ2v) is 5.61. The maximum atomic E-state index is 4.71. The predicted molar refractivity (Wildman–Crippen MR) is 85.9 cm³/mol. The highest BCUT2D eigenvalue weighted by Crippen LogP contribution is 2.20. The van der Waals surface area contributed by atoms with Crippen LogP contribution in [0.3, 0.4) is 0 Å². The lowest BCUT2D eigenvalue weighted by Gasteiger charge is -2.17. The molecule has 0 radical (unpaired) electrons. The van der Waals surface area contributed by atoms with Gasteiger partial charge in [0.25, 0.3) is 0 Å². The lowest BCUT2D eigenvalue weighted by Crippen LogP contribution is -2.15. The summed E-state index contributed by atoms with van der Waals surface area (Å²) in [6, 6.07) is 4.38. The van der Waals surface area contributed by atoms with Crippen LogP contribution in [-0.2, 0) is 12.8 Å². The van der Waals surface area contributed by atoms with Crippen molar-refractivity contribution >= 4 is 5.82 Å². The van der Waals surface area contributed by atoms with Gasteiger partial charge < -0.3 is 10.6 Å². The lowest BCUT2D eigenvalue weighted by molar-refractivity contribution is 0.726. The van der Waals surface area contributed by atoms with Crippen molar-refractivity contribution in [3.8, 4) is 0 Å². The summed E-state index contributed by atoms with van der Waals surface area (Å²) in [5, 5.41) is 6.68. The molecule has 1 aliphatic rings. The Hall–Kier alpha value is -1.77. The number of aromatic nitrogens is 1. The average molecular weight is 271 g/mol. The molecule has 2 rings (SSSR count). The molecule has 0 atom stereocenters. The Morgan fingerprint density at radius 2 is 2.25 bits per heavy atom. The molecule has 20 heavy (non-hydrogen) atoms. The number of pyridine rings is 1. The van der Waals surface area contributed by atoms with Gasteiger partial charge in [0, 0.05) is 24.5 Å². The SMILES string of the molecule is C=C(C)CNC(=C)CCCc1ccc2c(n1)NCCC2. The Bertz CT molecular complexity index is 491. The molecule has 0 fully saturated rings. The Kier molecular flexibility index (Phi) is 5.22. The van der Waals surface area contributed by atoms with Crippen molar-refractivity contribution in [1.29, 1.82) is 0 Å². The zero-order chi connectivity index (χ0) is 14.4. The van der Waals surface area contributed by atoms with E-state index in [2.05, 4.69) is 35.9 Å². The number of allylic oxidation sites excluding steroid dienone is 1. The Morgan fingerprint density at radius 3 is 3.05 bits per heavy atom. The van der Waals surface area contributed by atoms with Gasteiger partial charge in [0.1, 0.15) is 5.82 Å². The van der Waals surface area contributed by atoms with Gasteiger partial charge in [0.05, 0.1) is 0 Å². The van der Waals surface area contributed by atoms with Crippen molar-refractivity contribution in [3.63, 3.8) is 0 Å². The fraction of sp³-hybridized carbons (Fsp3) is 0.471. The zero-order valence-corrected chi connectivity index (χ0v) is 12.5. The molecule has 2 N–H and O–H groups in total. The maximum Gasteiger partial charge on any atom is 0.129 e. The molecular formula is C17H25N3. The number of rotatable bonds is 7. The number of hydrogen-bond acceptors (Lipinski definition) is 3. The topological polar surface area (TPSA) is 37.0 Å². The van der Waals surface area contributed by atoms with Gasteiger partial charge in [0.2, 0.25) is 0 Å². The van der Waals surface area contributed by atoms with Crippen LogP contribution in [0.4, 0.5) is 5.82 Å². The summed E-state index contributed by atoms with van der Waals surface area (Å²) >= 11 is 0. The first-order valence-corrected chi connectivity index (χ1v) is 7.44. The highest BCUT2D eigenvalue weighted by atomic mass is 15.0. The quantitative estimate of drug-likeness (QED) is 0.746. The van der Waals surface area contributed by atoms with Crippen LogP contribution in [-0.4, -0.2) is 18.1 Å². The van der Waals surface area contributed by atoms with Gasteiger partial charge in [-0.15, -0.1) is 0 Å². The standard InChI is InChI=1S/C17H25N3/c1-13(2)12-19-14(3)6-4-8-16-10-9-15-7-5-11-18-17(15)20-16/h9-10,19H,1,3-8,11-12H2,2H3,(H,18,20). The van der Waals surface area contributed by atoms with Crippen LogP contribution in [0.5, 0.6) is 0 Å². The average Bonchev–Trinajstić information content (AvgIpc) is 2.45. The third kappa shape index (κ3) is 4.41. The van der Waals surface area contributed by atoms with Gasteiger partial charge in [-0.2, -0.15) is 0 Å². The first-order chi connectivity index (χ1) is 9.65. The first kappa shape index (κ1) is 14.6. The molecule has 1 aromatic heterocycles. The number of hydrogen-bond donors (Lipinski definition) is 2. The van der Waals surface area contributed by atoms with Gasteiger partial charge >= 0.3 is 0 Å². The van der Waals surface area contributed by atoms with Gasteiger partial charge in [0.15, 0.2) is 0 Å². The van der Waals surface area contributed by atoms with Crippen LogP contribution in [0, 0.1) is 0 Å². The van der Waals surface area contributed by atoms with Crippen molar-refractivity contribution in [1.82, 2.24) is 10.3 Å². The summed E-state index contributed by atoms with van der Waals surface area (Å²) in [6.07, 6.45) is 5.43. The van der Waals surface area contributed by atoms with E-state index in [4.69, 9.17) is 4.98 Å². The molecule has 3 nitrogen and oxygen atoms in total. The van der Waals surface area contributed by atoms with Gasteiger partial charge in [-0.3, -0.25) is 0 Å². The summed E-state index contributed by atoms with van der Waals surface area (Å²) in [6.45, 7) is 11.8. The van der Waals surface area contributed by atoms with E-state index in [1.165, 1.54) is 17.7 Å². The van der Waals surface area contributed by atoms with Gasteiger partial charge in [-0.25, -0.2) is 4.98 Å². The van der Waals surface area contributed by atoms with Crippen molar-refractivity contribution in [2.45, 2.75) is 39.0 Å². The molecule has 0 bridgehead atoms. The van der Waals surface area contributed by atoms with Crippen molar-refractivity contribution in [2.75, 3.05) is 18.4 Å². The molecule has 108 valence electrons. The summed E-state index contributed by atoms with van der Waals surface area (Å²) in [5.74, 6) is 1.09. The molecule has 0 unspecified atom stereocenters. The number of nitrogens with one attached hydrogen (secondary N) is 2. The minimum Gasteiger partial charge on any atom is -0.385 e. The molecule has 3 heteroatoms. The Balaban J connectivity index is 1.76. The van der Waals surface area contributed by atoms with Gasteiger partial charge in [-0.1, -0.05) is 24.8 Å². The summed E-state index contributed by atoms with van der Waals surface area (Å²) in [7, 11) is 0. The van der Waals surface area contributed by atoms with Crippen molar-refractivity contribution < 1.29 is 0 Å². The molecule has 2 heterocycles. The molecular weight excluding hydrogens is 246 g/mol. The van der Waals surface area contributed by atoms with Crippen LogP contribution in [0.25, 0.3) is 0 Å². The van der Waals surface area contributed by atoms with Gasteiger partial charge in [-0.05, 0) is 50.7 Å². The number of nitrogens with zero attached hydrogens (tertiary/aromatic N) is 1. The number of fused-ring (bicyclic) bond motifs is 1. The molecule has 0 spiro atoms. The molecule has 0 aromatic carbocycles. The van der Waals surface area contributed by atoms with Crippen LogP contribution < -0.4 is 10.6 Å². The smallest absolute Gasteiger partial charge is 0.129 e. The second kappa shape index (κ2) is 7.13. The van der Waals surface area contributed by atoms with Crippen LogP contribution in [0.2, 0.25) is 0 Å². The minimum atomic E-state index is 0.819. The molecule has 1 aromatic rings. The van der Waals surface area contributed by atoms with Crippen LogP contribution in [0.15, 0.2) is 36.6 Å². The predicted octanol–water partition coefficient (Wildman–Crippen LogP) is 3.44. The summed E-state index contributed by atoms with van der Waals surface area (Å²) in [4.78, 5) is 4.71. The van der Waals surface area contributed by atoms with E-state index in [1.54, 1.807) is 0 Å². The van der Waals surface area contributed by atoms with E-state index in [0.29, 0.717) is 0 Å². The third-order valence-corrected chi connectivity index (χ3v) is 3.50. The first-order valence-electron chi connectivity index (χ1n) is 7.44.